The molecule has 3 rings (SSSR count). The van der Waals surface area contributed by atoms with Crippen LogP contribution in [-0.2, 0) is 16.6 Å². The van der Waals surface area contributed by atoms with E-state index in [1.807, 2.05) is 18.2 Å². The Morgan fingerprint density at radius 1 is 1.36 bits per heavy atom. The number of oxazole rings is 1. The number of hydrogen-bond acceptors (Lipinski definition) is 5. The molecule has 2 aromatic heterocycles. The first-order valence-corrected chi connectivity index (χ1v) is 8.82. The average molecular weight is 342 g/mol. The standard InChI is InChI=1S/C19H26N4O2/c1-19(2,3)15-12-21-18(25-15)8-7-17(24)22-14-9-11-23(13-14)16-6-4-5-10-20-16/h4-6,10,12,14H,7-9,11,13H2,1-3H3,(H,22,24). The zero-order valence-corrected chi connectivity index (χ0v) is 15.2. The molecule has 0 spiro atoms. The van der Waals surface area contributed by atoms with Crippen LogP contribution in [0, 0.1) is 0 Å². The molecule has 0 radical (unpaired) electrons. The van der Waals surface area contributed by atoms with Crippen LogP contribution in [-0.4, -0.2) is 35.0 Å². The number of rotatable bonds is 5. The highest BCUT2D eigenvalue weighted by Gasteiger charge is 2.25. The number of pyridine rings is 1. The third kappa shape index (κ3) is 4.59. The Morgan fingerprint density at radius 3 is 2.88 bits per heavy atom. The molecular formula is C19H26N4O2. The van der Waals surface area contributed by atoms with Crippen LogP contribution >= 0.6 is 0 Å². The summed E-state index contributed by atoms with van der Waals surface area (Å²) in [5.74, 6) is 2.49. The molecule has 2 aromatic rings. The van der Waals surface area contributed by atoms with Gasteiger partial charge in [0.15, 0.2) is 5.89 Å². The summed E-state index contributed by atoms with van der Waals surface area (Å²) in [6.07, 6.45) is 5.41. The van der Waals surface area contributed by atoms with E-state index in [1.54, 1.807) is 12.4 Å². The minimum absolute atomic E-state index is 0.0448. The van der Waals surface area contributed by atoms with Crippen molar-refractivity contribution < 1.29 is 9.21 Å². The van der Waals surface area contributed by atoms with Gasteiger partial charge in [-0.2, -0.15) is 0 Å². The zero-order valence-electron chi connectivity index (χ0n) is 15.2. The summed E-state index contributed by atoms with van der Waals surface area (Å²) in [5.41, 5.74) is -0.0632. The number of carbonyl (C=O) groups is 1. The van der Waals surface area contributed by atoms with Crippen LogP contribution in [0.4, 0.5) is 5.82 Å². The molecule has 134 valence electrons. The third-order valence-corrected chi connectivity index (χ3v) is 4.39. The molecule has 1 fully saturated rings. The summed E-state index contributed by atoms with van der Waals surface area (Å²) in [6.45, 7) is 7.96. The normalized spacial score (nSPS) is 17.7. The smallest absolute Gasteiger partial charge is 0.220 e. The number of hydrogen-bond donors (Lipinski definition) is 1. The van der Waals surface area contributed by atoms with Gasteiger partial charge in [-0.1, -0.05) is 26.8 Å². The van der Waals surface area contributed by atoms with E-state index in [1.165, 1.54) is 0 Å². The van der Waals surface area contributed by atoms with Crippen LogP contribution in [0.15, 0.2) is 35.0 Å². The molecule has 0 aromatic carbocycles. The zero-order chi connectivity index (χ0) is 17.9. The SMILES string of the molecule is CC(C)(C)c1cnc(CCC(=O)NC2CCN(c3ccccn3)C2)o1. The minimum Gasteiger partial charge on any atom is -0.445 e. The molecule has 0 aliphatic carbocycles. The Kier molecular flexibility index (Phi) is 5.06. The molecule has 1 N–H and O–H groups in total. The van der Waals surface area contributed by atoms with Crippen molar-refractivity contribution in [2.45, 2.75) is 51.5 Å². The number of anilines is 1. The monoisotopic (exact) mass is 342 g/mol. The van der Waals surface area contributed by atoms with Gasteiger partial charge in [0.25, 0.3) is 0 Å². The number of carbonyl (C=O) groups excluding carboxylic acids is 1. The molecular weight excluding hydrogens is 316 g/mol. The first-order valence-electron chi connectivity index (χ1n) is 8.82. The van der Waals surface area contributed by atoms with E-state index in [2.05, 4.69) is 41.0 Å². The van der Waals surface area contributed by atoms with Gasteiger partial charge in [0.2, 0.25) is 5.91 Å². The topological polar surface area (TPSA) is 71.3 Å². The van der Waals surface area contributed by atoms with Gasteiger partial charge in [0, 0.05) is 43.6 Å². The van der Waals surface area contributed by atoms with E-state index in [9.17, 15) is 4.79 Å². The van der Waals surface area contributed by atoms with Gasteiger partial charge in [-0.3, -0.25) is 4.79 Å². The summed E-state index contributed by atoms with van der Waals surface area (Å²) in [5, 5.41) is 3.11. The number of aryl methyl sites for hydroxylation is 1. The predicted octanol–water partition coefficient (Wildman–Crippen LogP) is 2.69. The van der Waals surface area contributed by atoms with Crippen LogP contribution < -0.4 is 10.2 Å². The number of nitrogens with zero attached hydrogens (tertiary/aromatic N) is 3. The predicted molar refractivity (Wildman–Crippen MR) is 96.5 cm³/mol. The molecule has 1 aliphatic heterocycles. The van der Waals surface area contributed by atoms with Crippen molar-refractivity contribution in [1.82, 2.24) is 15.3 Å². The van der Waals surface area contributed by atoms with Crippen molar-refractivity contribution in [2.24, 2.45) is 0 Å². The van der Waals surface area contributed by atoms with Crippen LogP contribution in [0.5, 0.6) is 0 Å². The van der Waals surface area contributed by atoms with Crippen LogP contribution in [0.25, 0.3) is 0 Å². The molecule has 1 saturated heterocycles. The molecule has 1 aliphatic rings. The molecule has 3 heterocycles. The molecule has 1 amide bonds. The fourth-order valence-corrected chi connectivity index (χ4v) is 2.92. The second kappa shape index (κ2) is 7.25. The summed E-state index contributed by atoms with van der Waals surface area (Å²) in [7, 11) is 0. The lowest BCUT2D eigenvalue weighted by Gasteiger charge is -2.17. The van der Waals surface area contributed by atoms with Gasteiger partial charge in [-0.15, -0.1) is 0 Å². The second-order valence-corrected chi connectivity index (χ2v) is 7.56. The maximum absolute atomic E-state index is 12.2. The van der Waals surface area contributed by atoms with Gasteiger partial charge in [0.1, 0.15) is 11.6 Å². The second-order valence-electron chi connectivity index (χ2n) is 7.56. The van der Waals surface area contributed by atoms with Crippen LogP contribution in [0.2, 0.25) is 0 Å². The summed E-state index contributed by atoms with van der Waals surface area (Å²) in [4.78, 5) is 23.0. The van der Waals surface area contributed by atoms with Crippen LogP contribution in [0.3, 0.4) is 0 Å². The van der Waals surface area contributed by atoms with Gasteiger partial charge in [-0.25, -0.2) is 9.97 Å². The summed E-state index contributed by atoms with van der Waals surface area (Å²) < 4.78 is 5.74. The van der Waals surface area contributed by atoms with E-state index in [-0.39, 0.29) is 17.4 Å². The van der Waals surface area contributed by atoms with E-state index in [4.69, 9.17) is 4.42 Å². The fourth-order valence-electron chi connectivity index (χ4n) is 2.92. The van der Waals surface area contributed by atoms with Crippen molar-refractivity contribution in [3.05, 3.63) is 42.2 Å². The Bertz CT molecular complexity index is 706. The van der Waals surface area contributed by atoms with Crippen molar-refractivity contribution >= 4 is 11.7 Å². The lowest BCUT2D eigenvalue weighted by atomic mass is 9.94. The summed E-state index contributed by atoms with van der Waals surface area (Å²) >= 11 is 0. The van der Waals surface area contributed by atoms with E-state index < -0.39 is 0 Å². The minimum atomic E-state index is -0.0632. The molecule has 1 unspecified atom stereocenters. The highest BCUT2D eigenvalue weighted by molar-refractivity contribution is 5.76. The van der Waals surface area contributed by atoms with E-state index in [0.717, 1.165) is 31.1 Å². The molecule has 1 atom stereocenters. The van der Waals surface area contributed by atoms with Gasteiger partial charge < -0.3 is 14.6 Å². The lowest BCUT2D eigenvalue weighted by molar-refractivity contribution is -0.121. The lowest BCUT2D eigenvalue weighted by Crippen LogP contribution is -2.37. The molecule has 6 heteroatoms. The summed E-state index contributed by atoms with van der Waals surface area (Å²) in [6, 6.07) is 6.06. The maximum Gasteiger partial charge on any atom is 0.220 e. The average Bonchev–Trinajstić information content (AvgIpc) is 3.23. The van der Waals surface area contributed by atoms with Crippen LogP contribution in [0.1, 0.15) is 45.3 Å². The molecule has 0 bridgehead atoms. The highest BCUT2D eigenvalue weighted by atomic mass is 16.4. The first-order chi connectivity index (χ1) is 11.9. The third-order valence-electron chi connectivity index (χ3n) is 4.39. The van der Waals surface area contributed by atoms with Crippen molar-refractivity contribution in [2.75, 3.05) is 18.0 Å². The molecule has 25 heavy (non-hydrogen) atoms. The van der Waals surface area contributed by atoms with E-state index in [0.29, 0.717) is 18.7 Å². The van der Waals surface area contributed by atoms with Crippen molar-refractivity contribution in [3.63, 3.8) is 0 Å². The number of amides is 1. The van der Waals surface area contributed by atoms with Crippen molar-refractivity contribution in [3.8, 4) is 0 Å². The molecule has 0 saturated carbocycles. The quantitative estimate of drug-likeness (QED) is 0.904. The van der Waals surface area contributed by atoms with Crippen molar-refractivity contribution in [1.29, 1.82) is 0 Å². The van der Waals surface area contributed by atoms with Gasteiger partial charge in [0.05, 0.1) is 6.20 Å². The maximum atomic E-state index is 12.2. The largest absolute Gasteiger partial charge is 0.445 e. The number of nitrogens with one attached hydrogen (secondary N) is 1. The Hall–Kier alpha value is -2.37. The Balaban J connectivity index is 1.45. The molecule has 6 nitrogen and oxygen atoms in total. The van der Waals surface area contributed by atoms with Gasteiger partial charge in [-0.05, 0) is 18.6 Å². The van der Waals surface area contributed by atoms with E-state index >= 15 is 0 Å². The Morgan fingerprint density at radius 2 is 2.20 bits per heavy atom. The Labute approximate surface area is 148 Å². The highest BCUT2D eigenvalue weighted by Crippen LogP contribution is 2.23. The first kappa shape index (κ1) is 17.5. The van der Waals surface area contributed by atoms with Gasteiger partial charge >= 0.3 is 0 Å². The fraction of sp³-hybridized carbons (Fsp3) is 0.526. The number of aromatic nitrogens is 2.